The van der Waals surface area contributed by atoms with E-state index in [0.717, 1.165) is 17.8 Å². The van der Waals surface area contributed by atoms with Gasteiger partial charge in [0, 0.05) is 6.54 Å². The van der Waals surface area contributed by atoms with E-state index >= 15 is 0 Å². The number of halogens is 3. The molecule has 2 aromatic carbocycles. The first-order valence-corrected chi connectivity index (χ1v) is 9.01. The first-order chi connectivity index (χ1) is 12.7. The number of ether oxygens (including phenoxy) is 1. The predicted octanol–water partition coefficient (Wildman–Crippen LogP) is 2.64. The SMILES string of the molecule is O=S(=O)(NCc1ccc(-n2cncn2)cc1)c1ccccc1OC(F)(F)F. The number of hydrogen-bond donors (Lipinski definition) is 1. The van der Waals surface area contributed by atoms with Crippen molar-refractivity contribution in [3.63, 3.8) is 0 Å². The molecule has 11 heteroatoms. The molecule has 0 aliphatic carbocycles. The van der Waals surface area contributed by atoms with Gasteiger partial charge in [-0.3, -0.25) is 0 Å². The number of hydrogen-bond acceptors (Lipinski definition) is 5. The molecule has 7 nitrogen and oxygen atoms in total. The molecule has 1 N–H and O–H groups in total. The zero-order valence-corrected chi connectivity index (χ0v) is 14.4. The number of nitrogens with zero attached hydrogens (tertiary/aromatic N) is 3. The van der Waals surface area contributed by atoms with Crippen LogP contribution in [0.15, 0.2) is 66.1 Å². The molecular formula is C16H13F3N4O3S. The van der Waals surface area contributed by atoms with E-state index < -0.39 is 27.0 Å². The molecule has 0 bridgehead atoms. The standard InChI is InChI=1S/C16H13F3N4O3S/c17-16(18,19)26-14-3-1-2-4-15(14)27(24,25)22-9-12-5-7-13(8-6-12)23-11-20-10-21-23/h1-8,10-11,22H,9H2. The predicted molar refractivity (Wildman–Crippen MR) is 88.5 cm³/mol. The molecule has 0 radical (unpaired) electrons. The van der Waals surface area contributed by atoms with E-state index in [1.807, 2.05) is 0 Å². The van der Waals surface area contributed by atoms with Gasteiger partial charge in [0.15, 0.2) is 0 Å². The van der Waals surface area contributed by atoms with Crippen LogP contribution in [-0.2, 0) is 16.6 Å². The summed E-state index contributed by atoms with van der Waals surface area (Å²) in [6.07, 6.45) is -2.11. The van der Waals surface area contributed by atoms with Crippen molar-refractivity contribution in [3.05, 3.63) is 66.7 Å². The highest BCUT2D eigenvalue weighted by Crippen LogP contribution is 2.29. The van der Waals surface area contributed by atoms with Crippen LogP contribution in [0.1, 0.15) is 5.56 Å². The third-order valence-electron chi connectivity index (χ3n) is 3.45. The minimum Gasteiger partial charge on any atom is -0.404 e. The molecule has 0 unspecified atom stereocenters. The van der Waals surface area contributed by atoms with E-state index in [9.17, 15) is 21.6 Å². The third-order valence-corrected chi connectivity index (χ3v) is 4.89. The molecule has 0 saturated heterocycles. The highest BCUT2D eigenvalue weighted by Gasteiger charge is 2.33. The van der Waals surface area contributed by atoms with Gasteiger partial charge < -0.3 is 4.74 Å². The van der Waals surface area contributed by atoms with Gasteiger partial charge in [-0.15, -0.1) is 13.2 Å². The van der Waals surface area contributed by atoms with Gasteiger partial charge in [-0.05, 0) is 29.8 Å². The highest BCUT2D eigenvalue weighted by atomic mass is 32.2. The van der Waals surface area contributed by atoms with Gasteiger partial charge in [-0.25, -0.2) is 22.8 Å². The Bertz CT molecular complexity index is 1000. The second-order valence-electron chi connectivity index (χ2n) is 5.33. The monoisotopic (exact) mass is 398 g/mol. The molecule has 0 saturated carbocycles. The normalized spacial score (nSPS) is 12.1. The molecule has 3 rings (SSSR count). The molecular weight excluding hydrogens is 385 g/mol. The first kappa shape index (κ1) is 18.9. The molecule has 0 spiro atoms. The van der Waals surface area contributed by atoms with Gasteiger partial charge in [0.05, 0.1) is 5.69 Å². The van der Waals surface area contributed by atoms with Crippen molar-refractivity contribution in [3.8, 4) is 11.4 Å². The zero-order chi connectivity index (χ0) is 19.5. The number of aromatic nitrogens is 3. The number of nitrogens with one attached hydrogen (secondary N) is 1. The zero-order valence-electron chi connectivity index (χ0n) is 13.6. The first-order valence-electron chi connectivity index (χ1n) is 7.53. The Labute approximate surface area is 152 Å². The van der Waals surface area contributed by atoms with E-state index in [-0.39, 0.29) is 6.54 Å². The summed E-state index contributed by atoms with van der Waals surface area (Å²) >= 11 is 0. The Morgan fingerprint density at radius 3 is 2.41 bits per heavy atom. The lowest BCUT2D eigenvalue weighted by Gasteiger charge is -2.14. The molecule has 1 aromatic heterocycles. The van der Waals surface area contributed by atoms with Gasteiger partial charge in [0.1, 0.15) is 23.3 Å². The molecule has 0 aliphatic heterocycles. The van der Waals surface area contributed by atoms with Crippen LogP contribution in [0.4, 0.5) is 13.2 Å². The molecule has 1 heterocycles. The highest BCUT2D eigenvalue weighted by molar-refractivity contribution is 7.89. The molecule has 3 aromatic rings. The minimum atomic E-state index is -5.00. The van der Waals surface area contributed by atoms with Crippen molar-refractivity contribution in [2.45, 2.75) is 17.8 Å². The Balaban J connectivity index is 1.74. The van der Waals surface area contributed by atoms with Crippen molar-refractivity contribution >= 4 is 10.0 Å². The number of sulfonamides is 1. The summed E-state index contributed by atoms with van der Waals surface area (Å²) in [5.41, 5.74) is 1.33. The summed E-state index contributed by atoms with van der Waals surface area (Å²) in [7, 11) is -4.22. The second-order valence-corrected chi connectivity index (χ2v) is 7.06. The van der Waals surface area contributed by atoms with Gasteiger partial charge in [0.25, 0.3) is 0 Å². The van der Waals surface area contributed by atoms with Gasteiger partial charge in [-0.1, -0.05) is 24.3 Å². The summed E-state index contributed by atoms with van der Waals surface area (Å²) in [4.78, 5) is 3.23. The average molecular weight is 398 g/mol. The average Bonchev–Trinajstić information content (AvgIpc) is 3.14. The van der Waals surface area contributed by atoms with Crippen molar-refractivity contribution in [1.29, 1.82) is 0 Å². The lowest BCUT2D eigenvalue weighted by Crippen LogP contribution is -2.25. The third kappa shape index (κ3) is 4.83. The topological polar surface area (TPSA) is 86.1 Å². The minimum absolute atomic E-state index is 0.111. The van der Waals surface area contributed by atoms with E-state index in [1.165, 1.54) is 29.5 Å². The number of para-hydroxylation sites is 1. The van der Waals surface area contributed by atoms with E-state index in [0.29, 0.717) is 5.56 Å². The van der Waals surface area contributed by atoms with Crippen LogP contribution < -0.4 is 9.46 Å². The Morgan fingerprint density at radius 2 is 1.78 bits per heavy atom. The van der Waals surface area contributed by atoms with Crippen LogP contribution >= 0.6 is 0 Å². The van der Waals surface area contributed by atoms with E-state index in [1.54, 1.807) is 24.3 Å². The fourth-order valence-corrected chi connectivity index (χ4v) is 3.39. The summed E-state index contributed by atoms with van der Waals surface area (Å²) in [6.45, 7) is -0.111. The molecule has 0 atom stereocenters. The van der Waals surface area contributed by atoms with Crippen LogP contribution in [-0.4, -0.2) is 29.5 Å². The van der Waals surface area contributed by atoms with Crippen molar-refractivity contribution in [2.75, 3.05) is 0 Å². The molecule has 0 aliphatic rings. The quantitative estimate of drug-likeness (QED) is 0.690. The fraction of sp³-hybridized carbons (Fsp3) is 0.125. The Kier molecular flexibility index (Phi) is 5.15. The largest absolute Gasteiger partial charge is 0.573 e. The van der Waals surface area contributed by atoms with Crippen LogP contribution in [0, 0.1) is 0 Å². The van der Waals surface area contributed by atoms with Crippen LogP contribution in [0.25, 0.3) is 5.69 Å². The van der Waals surface area contributed by atoms with E-state index in [2.05, 4.69) is 19.5 Å². The number of benzene rings is 2. The lowest BCUT2D eigenvalue weighted by molar-refractivity contribution is -0.275. The van der Waals surface area contributed by atoms with Gasteiger partial charge in [0.2, 0.25) is 10.0 Å². The van der Waals surface area contributed by atoms with Crippen LogP contribution in [0.2, 0.25) is 0 Å². The smallest absolute Gasteiger partial charge is 0.404 e. The molecule has 0 amide bonds. The summed E-state index contributed by atoms with van der Waals surface area (Å²) in [6, 6.07) is 11.3. The maximum Gasteiger partial charge on any atom is 0.573 e. The second kappa shape index (κ2) is 7.37. The fourth-order valence-electron chi connectivity index (χ4n) is 2.25. The van der Waals surface area contributed by atoms with Crippen molar-refractivity contribution < 1.29 is 26.3 Å². The van der Waals surface area contributed by atoms with Crippen LogP contribution in [0.5, 0.6) is 5.75 Å². The molecule has 142 valence electrons. The number of alkyl halides is 3. The number of rotatable bonds is 6. The van der Waals surface area contributed by atoms with Gasteiger partial charge in [-0.2, -0.15) is 5.10 Å². The summed E-state index contributed by atoms with van der Waals surface area (Å²) in [5.74, 6) is -0.793. The maximum atomic E-state index is 12.5. The van der Waals surface area contributed by atoms with Crippen molar-refractivity contribution in [1.82, 2.24) is 19.5 Å². The van der Waals surface area contributed by atoms with Crippen molar-refractivity contribution in [2.24, 2.45) is 0 Å². The molecule has 27 heavy (non-hydrogen) atoms. The van der Waals surface area contributed by atoms with E-state index in [4.69, 9.17) is 0 Å². The van der Waals surface area contributed by atoms with Gasteiger partial charge >= 0.3 is 6.36 Å². The lowest BCUT2D eigenvalue weighted by atomic mass is 10.2. The Morgan fingerprint density at radius 1 is 1.07 bits per heavy atom. The molecule has 0 fully saturated rings. The Hall–Kier alpha value is -2.92. The summed E-state index contributed by atoms with van der Waals surface area (Å²) < 4.78 is 69.7. The van der Waals surface area contributed by atoms with Crippen LogP contribution in [0.3, 0.4) is 0 Å². The maximum absolute atomic E-state index is 12.5. The summed E-state index contributed by atoms with van der Waals surface area (Å²) in [5, 5.41) is 3.97.